The van der Waals surface area contributed by atoms with Crippen LogP contribution in [0.4, 0.5) is 4.70 Å². The van der Waals surface area contributed by atoms with Crippen molar-refractivity contribution in [2.24, 2.45) is 0 Å². The summed E-state index contributed by atoms with van der Waals surface area (Å²) in [6, 6.07) is 0. The zero-order chi connectivity index (χ0) is 7.71. The molecule has 0 aliphatic rings. The molecule has 0 aromatic heterocycles. The van der Waals surface area contributed by atoms with Crippen molar-refractivity contribution in [1.29, 1.82) is 0 Å². The topological polar surface area (TPSA) is 34.1 Å². The molecular weight excluding hydrogens is 155 g/mol. The molecule has 0 aromatic carbocycles. The number of hydrogen-bond donors (Lipinski definition) is 0. The Morgan fingerprint density at radius 3 is 1.50 bits per heavy atom. The lowest BCUT2D eigenvalue weighted by Gasteiger charge is -2.16. The highest BCUT2D eigenvalue weighted by Gasteiger charge is 2.26. The Morgan fingerprint density at radius 1 is 1.20 bits per heavy atom. The van der Waals surface area contributed by atoms with Crippen LogP contribution in [0.2, 0.25) is 0 Å². The molecule has 2 nitrogen and oxygen atoms in total. The predicted octanol–water partition coefficient (Wildman–Crippen LogP) is 1.37. The van der Waals surface area contributed by atoms with Gasteiger partial charge in [-0.25, -0.2) is 8.42 Å². The number of hydrogen-bond acceptors (Lipinski definition) is 2. The first-order valence-electron chi connectivity index (χ1n) is 3.03. The van der Waals surface area contributed by atoms with Crippen LogP contribution in [0.1, 0.15) is 27.7 Å². The highest BCUT2D eigenvalue weighted by molar-refractivity contribution is 7.92. The Kier molecular flexibility index (Phi) is 4.17. The molecule has 0 saturated heterocycles. The van der Waals surface area contributed by atoms with Gasteiger partial charge in [-0.1, -0.05) is 6.92 Å². The molecule has 0 fully saturated rings. The minimum Gasteiger partial charge on any atom is -0.269 e. The Hall–Kier alpha value is -0.120. The fraction of sp³-hybridized carbons (Fsp3) is 1.00. The van der Waals surface area contributed by atoms with Gasteiger partial charge in [0, 0.05) is 5.75 Å². The Labute approximate surface area is 61.9 Å². The monoisotopic (exact) mass is 170 g/mol. The van der Waals surface area contributed by atoms with Gasteiger partial charge >= 0.3 is 0 Å². The molecule has 0 heterocycles. The van der Waals surface area contributed by atoms with E-state index in [4.69, 9.17) is 0 Å². The first-order chi connectivity index (χ1) is 3.81. The van der Waals surface area contributed by atoms with E-state index in [0.29, 0.717) is 0 Å². The molecule has 0 aromatic rings. The van der Waals surface area contributed by atoms with Crippen molar-refractivity contribution in [3.05, 3.63) is 0 Å². The van der Waals surface area contributed by atoms with Gasteiger partial charge in [0.25, 0.3) is 0 Å². The van der Waals surface area contributed by atoms with Crippen LogP contribution in [-0.2, 0) is 9.84 Å². The van der Waals surface area contributed by atoms with Gasteiger partial charge in [-0.2, -0.15) is 0 Å². The first-order valence-corrected chi connectivity index (χ1v) is 4.69. The third-order valence-electron chi connectivity index (χ3n) is 1.31. The fourth-order valence-corrected chi connectivity index (χ4v) is 1.30. The maximum atomic E-state index is 11.0. The molecule has 0 unspecified atom stereocenters. The molecule has 0 aliphatic carbocycles. The first kappa shape index (κ1) is 12.5. The third-order valence-corrected chi connectivity index (χ3v) is 3.94. The molecule has 0 N–H and O–H groups in total. The largest absolute Gasteiger partial charge is 0.269 e. The zero-order valence-corrected chi connectivity index (χ0v) is 7.66. The summed E-state index contributed by atoms with van der Waals surface area (Å²) in [5, 5.41) is 0. The van der Waals surface area contributed by atoms with Crippen molar-refractivity contribution < 1.29 is 13.1 Å². The average molecular weight is 170 g/mol. The van der Waals surface area contributed by atoms with E-state index >= 15 is 0 Å². The van der Waals surface area contributed by atoms with Crippen molar-refractivity contribution >= 4 is 9.84 Å². The fourth-order valence-electron chi connectivity index (χ4n) is 0.433. The van der Waals surface area contributed by atoms with Gasteiger partial charge in [0.05, 0.1) is 4.75 Å². The maximum absolute atomic E-state index is 11.0. The molecule has 0 atom stereocenters. The van der Waals surface area contributed by atoms with Crippen molar-refractivity contribution in [1.82, 2.24) is 0 Å². The number of sulfone groups is 1. The molecule has 4 heteroatoms. The van der Waals surface area contributed by atoms with E-state index in [-0.39, 0.29) is 10.5 Å². The summed E-state index contributed by atoms with van der Waals surface area (Å²) < 4.78 is 21.5. The molecule has 0 saturated carbocycles. The van der Waals surface area contributed by atoms with Crippen molar-refractivity contribution in [3.63, 3.8) is 0 Å². The van der Waals surface area contributed by atoms with E-state index in [9.17, 15) is 8.42 Å². The SMILES string of the molecule is CCS(=O)(=O)C(C)(C)C.F. The van der Waals surface area contributed by atoms with Gasteiger partial charge < -0.3 is 0 Å². The van der Waals surface area contributed by atoms with E-state index in [1.807, 2.05) is 0 Å². The van der Waals surface area contributed by atoms with E-state index in [2.05, 4.69) is 0 Å². The van der Waals surface area contributed by atoms with Gasteiger partial charge in [0.15, 0.2) is 9.84 Å². The molecule has 0 amide bonds. The summed E-state index contributed by atoms with van der Waals surface area (Å²) in [5.41, 5.74) is 0. The quantitative estimate of drug-likeness (QED) is 0.595. The van der Waals surface area contributed by atoms with Gasteiger partial charge in [0.1, 0.15) is 0 Å². The summed E-state index contributed by atoms with van der Waals surface area (Å²) in [4.78, 5) is 0. The standard InChI is InChI=1S/C6H14O2S.FH/c1-5-9(7,8)6(2,3)4;/h5H2,1-4H3;1H. The Bertz CT molecular complexity index is 176. The molecule has 64 valence electrons. The second-order valence-corrected chi connectivity index (χ2v) is 6.05. The summed E-state index contributed by atoms with van der Waals surface area (Å²) in [6.45, 7) is 6.81. The van der Waals surface area contributed by atoms with Gasteiger partial charge in [-0.3, -0.25) is 4.70 Å². The van der Waals surface area contributed by atoms with E-state index in [0.717, 1.165) is 0 Å². The lowest BCUT2D eigenvalue weighted by atomic mass is 10.3. The van der Waals surface area contributed by atoms with Crippen LogP contribution in [0.25, 0.3) is 0 Å². The maximum Gasteiger partial charge on any atom is 0.154 e. The molecule has 0 spiro atoms. The molecular formula is C6H15FO2S. The van der Waals surface area contributed by atoms with Crippen LogP contribution in [-0.4, -0.2) is 18.9 Å². The lowest BCUT2D eigenvalue weighted by Crippen LogP contribution is -2.29. The van der Waals surface area contributed by atoms with Crippen molar-refractivity contribution in [3.8, 4) is 0 Å². The summed E-state index contributed by atoms with van der Waals surface area (Å²) in [5.74, 6) is 0.233. The molecule has 0 aliphatic heterocycles. The Balaban J connectivity index is 0. The predicted molar refractivity (Wildman–Crippen MR) is 41.7 cm³/mol. The smallest absolute Gasteiger partial charge is 0.154 e. The summed E-state index contributed by atoms with van der Waals surface area (Å²) in [6.07, 6.45) is 0. The van der Waals surface area contributed by atoms with Gasteiger partial charge in [0.2, 0.25) is 0 Å². The number of rotatable bonds is 1. The molecule has 0 rings (SSSR count). The minimum absolute atomic E-state index is 0. The summed E-state index contributed by atoms with van der Waals surface area (Å²) in [7, 11) is -2.84. The third kappa shape index (κ3) is 2.64. The number of halogens is 1. The lowest BCUT2D eigenvalue weighted by molar-refractivity contribution is 0.561. The van der Waals surface area contributed by atoms with Crippen LogP contribution in [0, 0.1) is 0 Å². The van der Waals surface area contributed by atoms with Crippen LogP contribution in [0.3, 0.4) is 0 Å². The zero-order valence-electron chi connectivity index (χ0n) is 6.84. The van der Waals surface area contributed by atoms with Crippen LogP contribution in [0.5, 0.6) is 0 Å². The molecule has 0 bridgehead atoms. The molecule has 0 radical (unpaired) electrons. The minimum atomic E-state index is -2.84. The van der Waals surface area contributed by atoms with E-state index in [1.54, 1.807) is 27.7 Å². The Morgan fingerprint density at radius 2 is 1.50 bits per heavy atom. The highest BCUT2D eigenvalue weighted by atomic mass is 32.2. The van der Waals surface area contributed by atoms with E-state index < -0.39 is 14.6 Å². The molecule has 10 heavy (non-hydrogen) atoms. The second kappa shape index (κ2) is 3.32. The van der Waals surface area contributed by atoms with Gasteiger partial charge in [-0.05, 0) is 20.8 Å². The normalized spacial score (nSPS) is 12.4. The van der Waals surface area contributed by atoms with Gasteiger partial charge in [-0.15, -0.1) is 0 Å². The van der Waals surface area contributed by atoms with Crippen LogP contribution >= 0.6 is 0 Å². The summed E-state index contributed by atoms with van der Waals surface area (Å²) >= 11 is 0. The van der Waals surface area contributed by atoms with Crippen LogP contribution < -0.4 is 0 Å². The second-order valence-electron chi connectivity index (χ2n) is 3.02. The average Bonchev–Trinajstić information content (AvgIpc) is 1.64. The van der Waals surface area contributed by atoms with Crippen molar-refractivity contribution in [2.45, 2.75) is 32.4 Å². The van der Waals surface area contributed by atoms with E-state index in [1.165, 1.54) is 0 Å². The van der Waals surface area contributed by atoms with Crippen molar-refractivity contribution in [2.75, 3.05) is 5.75 Å². The highest BCUT2D eigenvalue weighted by Crippen LogP contribution is 2.14. The van der Waals surface area contributed by atoms with Crippen LogP contribution in [0.15, 0.2) is 0 Å².